The predicted octanol–water partition coefficient (Wildman–Crippen LogP) is 3.62. The summed E-state index contributed by atoms with van der Waals surface area (Å²) in [7, 11) is 0. The molecule has 0 radical (unpaired) electrons. The van der Waals surface area contributed by atoms with E-state index in [-0.39, 0.29) is 5.91 Å². The number of amides is 1. The van der Waals surface area contributed by atoms with Crippen LogP contribution in [-0.2, 0) is 6.42 Å². The minimum absolute atomic E-state index is 0.0799. The van der Waals surface area contributed by atoms with E-state index in [1.54, 1.807) is 0 Å². The van der Waals surface area contributed by atoms with Crippen LogP contribution in [0.25, 0.3) is 0 Å². The number of benzene rings is 2. The van der Waals surface area contributed by atoms with Crippen molar-refractivity contribution < 1.29 is 4.79 Å². The number of carbonyl (C=O) groups excluding carboxylic acids is 1. The zero-order valence-electron chi connectivity index (χ0n) is 18.1. The average molecular weight is 414 g/mol. The van der Waals surface area contributed by atoms with E-state index in [9.17, 15) is 4.79 Å². The van der Waals surface area contributed by atoms with Crippen molar-refractivity contribution in [1.29, 1.82) is 0 Å². The van der Waals surface area contributed by atoms with Crippen LogP contribution in [0.5, 0.6) is 0 Å². The molecule has 2 aliphatic heterocycles. The first-order valence-electron chi connectivity index (χ1n) is 10.9. The van der Waals surface area contributed by atoms with Crippen LogP contribution in [0.2, 0.25) is 0 Å². The number of aromatic nitrogens is 2. The molecular weight excluding hydrogens is 386 g/mol. The van der Waals surface area contributed by atoms with Crippen molar-refractivity contribution in [2.24, 2.45) is 0 Å². The molecule has 1 aromatic heterocycles. The molecule has 6 heteroatoms. The smallest absolute Gasteiger partial charge is 0.278 e. The van der Waals surface area contributed by atoms with Gasteiger partial charge in [0.05, 0.1) is 0 Å². The number of para-hydroxylation sites is 1. The Morgan fingerprint density at radius 3 is 2.32 bits per heavy atom. The predicted molar refractivity (Wildman–Crippen MR) is 124 cm³/mol. The van der Waals surface area contributed by atoms with Gasteiger partial charge in [-0.05, 0) is 55.7 Å². The summed E-state index contributed by atoms with van der Waals surface area (Å²) < 4.78 is 0. The van der Waals surface area contributed by atoms with Gasteiger partial charge in [0.1, 0.15) is 0 Å². The van der Waals surface area contributed by atoms with Crippen LogP contribution >= 0.6 is 0 Å². The quantitative estimate of drug-likeness (QED) is 0.656. The van der Waals surface area contributed by atoms with Crippen LogP contribution in [0.4, 0.5) is 17.2 Å². The Morgan fingerprint density at radius 2 is 1.58 bits per heavy atom. The second-order valence-corrected chi connectivity index (χ2v) is 8.38. The highest BCUT2D eigenvalue weighted by atomic mass is 16.2. The molecular formula is C25H27N5O. The Bertz CT molecular complexity index is 1100. The van der Waals surface area contributed by atoms with E-state index in [0.717, 1.165) is 44.1 Å². The lowest BCUT2D eigenvalue weighted by atomic mass is 10.1. The maximum atomic E-state index is 13.0. The minimum atomic E-state index is -0.0799. The number of hydrogen-bond donors (Lipinski definition) is 0. The lowest BCUT2D eigenvalue weighted by Crippen LogP contribution is -2.47. The van der Waals surface area contributed by atoms with Crippen molar-refractivity contribution in [2.45, 2.75) is 20.3 Å². The van der Waals surface area contributed by atoms with Gasteiger partial charge >= 0.3 is 0 Å². The van der Waals surface area contributed by atoms with Crippen molar-refractivity contribution in [3.05, 3.63) is 77.0 Å². The standard InChI is InChI=1S/C25H27N5O/c1-18-7-9-22(19(2)17-18)28-13-15-29(16-14-28)24-10-8-21(26-27-24)25(31)30-12-11-20-5-3-4-6-23(20)30/h3-10,17H,11-16H2,1-2H3. The van der Waals surface area contributed by atoms with Crippen molar-refractivity contribution in [3.63, 3.8) is 0 Å². The van der Waals surface area contributed by atoms with E-state index in [2.05, 4.69) is 58.1 Å². The molecule has 31 heavy (non-hydrogen) atoms. The van der Waals surface area contributed by atoms with E-state index >= 15 is 0 Å². The van der Waals surface area contributed by atoms with Crippen molar-refractivity contribution in [3.8, 4) is 0 Å². The molecule has 1 saturated heterocycles. The Kier molecular flexibility index (Phi) is 5.06. The topological polar surface area (TPSA) is 52.6 Å². The number of nitrogens with zero attached hydrogens (tertiary/aromatic N) is 5. The lowest BCUT2D eigenvalue weighted by molar-refractivity contribution is 0.0983. The van der Waals surface area contributed by atoms with E-state index in [4.69, 9.17) is 0 Å². The first-order chi connectivity index (χ1) is 15.1. The highest BCUT2D eigenvalue weighted by Gasteiger charge is 2.27. The molecule has 3 aromatic rings. The molecule has 0 saturated carbocycles. The van der Waals surface area contributed by atoms with E-state index in [1.165, 1.54) is 22.4 Å². The van der Waals surface area contributed by atoms with Crippen molar-refractivity contribution in [2.75, 3.05) is 47.4 Å². The third-order valence-corrected chi connectivity index (χ3v) is 6.30. The highest BCUT2D eigenvalue weighted by molar-refractivity contribution is 6.06. The molecule has 2 aromatic carbocycles. The minimum Gasteiger partial charge on any atom is -0.368 e. The summed E-state index contributed by atoms with van der Waals surface area (Å²) in [5, 5.41) is 8.66. The molecule has 6 nitrogen and oxygen atoms in total. The van der Waals surface area contributed by atoms with E-state index in [1.807, 2.05) is 35.2 Å². The number of rotatable bonds is 3. The third-order valence-electron chi connectivity index (χ3n) is 6.30. The number of piperazine rings is 1. The molecule has 5 rings (SSSR count). The number of hydrogen-bond acceptors (Lipinski definition) is 5. The Labute approximate surface area is 183 Å². The average Bonchev–Trinajstić information content (AvgIpc) is 3.23. The fourth-order valence-corrected chi connectivity index (χ4v) is 4.63. The van der Waals surface area contributed by atoms with Gasteiger partial charge in [0.2, 0.25) is 0 Å². The van der Waals surface area contributed by atoms with Gasteiger partial charge in [-0.1, -0.05) is 35.9 Å². The van der Waals surface area contributed by atoms with Crippen LogP contribution < -0.4 is 14.7 Å². The van der Waals surface area contributed by atoms with Gasteiger partial charge < -0.3 is 14.7 Å². The molecule has 3 heterocycles. The molecule has 0 atom stereocenters. The van der Waals surface area contributed by atoms with Gasteiger partial charge in [0, 0.05) is 44.1 Å². The number of fused-ring (bicyclic) bond motifs is 1. The van der Waals surface area contributed by atoms with Crippen LogP contribution in [-0.4, -0.2) is 48.8 Å². The van der Waals surface area contributed by atoms with Gasteiger partial charge in [-0.3, -0.25) is 4.79 Å². The van der Waals surface area contributed by atoms with E-state index in [0.29, 0.717) is 12.2 Å². The summed E-state index contributed by atoms with van der Waals surface area (Å²) in [6.07, 6.45) is 0.887. The fraction of sp³-hybridized carbons (Fsp3) is 0.320. The first-order valence-corrected chi connectivity index (χ1v) is 10.9. The summed E-state index contributed by atoms with van der Waals surface area (Å²) in [5.41, 5.74) is 6.52. The Hall–Kier alpha value is -3.41. The summed E-state index contributed by atoms with van der Waals surface area (Å²) >= 11 is 0. The van der Waals surface area contributed by atoms with Crippen molar-refractivity contribution >= 4 is 23.1 Å². The molecule has 0 aliphatic carbocycles. The summed E-state index contributed by atoms with van der Waals surface area (Å²) in [6, 6.07) is 18.4. The first kappa shape index (κ1) is 19.5. The Balaban J connectivity index is 1.24. The van der Waals surface area contributed by atoms with Crippen LogP contribution in [0.3, 0.4) is 0 Å². The molecule has 0 N–H and O–H groups in total. The monoisotopic (exact) mass is 413 g/mol. The maximum Gasteiger partial charge on any atom is 0.278 e. The molecule has 0 unspecified atom stereocenters. The molecule has 2 aliphatic rings. The second kappa shape index (κ2) is 8.02. The lowest BCUT2D eigenvalue weighted by Gasteiger charge is -2.37. The summed E-state index contributed by atoms with van der Waals surface area (Å²) in [5.74, 6) is 0.752. The molecule has 0 spiro atoms. The molecule has 0 bridgehead atoms. The zero-order chi connectivity index (χ0) is 21.4. The van der Waals surface area contributed by atoms with Gasteiger partial charge in [-0.15, -0.1) is 10.2 Å². The van der Waals surface area contributed by atoms with Crippen molar-refractivity contribution in [1.82, 2.24) is 10.2 Å². The summed E-state index contributed by atoms with van der Waals surface area (Å²) in [6.45, 7) is 8.65. The maximum absolute atomic E-state index is 13.0. The second-order valence-electron chi connectivity index (χ2n) is 8.38. The normalized spacial score (nSPS) is 15.9. The Morgan fingerprint density at radius 1 is 0.806 bits per heavy atom. The number of carbonyl (C=O) groups is 1. The van der Waals surface area contributed by atoms with Crippen LogP contribution in [0, 0.1) is 13.8 Å². The van der Waals surface area contributed by atoms with Gasteiger partial charge in [-0.25, -0.2) is 0 Å². The SMILES string of the molecule is Cc1ccc(N2CCN(c3ccc(C(=O)N4CCc5ccccc54)nn3)CC2)c(C)c1. The summed E-state index contributed by atoms with van der Waals surface area (Å²) in [4.78, 5) is 19.4. The third kappa shape index (κ3) is 3.74. The van der Waals surface area contributed by atoms with E-state index < -0.39 is 0 Å². The van der Waals surface area contributed by atoms with Gasteiger partial charge in [-0.2, -0.15) is 0 Å². The van der Waals surface area contributed by atoms with Crippen LogP contribution in [0.1, 0.15) is 27.2 Å². The van der Waals surface area contributed by atoms with Crippen LogP contribution in [0.15, 0.2) is 54.6 Å². The van der Waals surface area contributed by atoms with Gasteiger partial charge in [0.25, 0.3) is 5.91 Å². The fourth-order valence-electron chi connectivity index (χ4n) is 4.63. The largest absolute Gasteiger partial charge is 0.368 e. The molecule has 1 amide bonds. The highest BCUT2D eigenvalue weighted by Crippen LogP contribution is 2.29. The number of aryl methyl sites for hydroxylation is 2. The van der Waals surface area contributed by atoms with Gasteiger partial charge in [0.15, 0.2) is 11.5 Å². The zero-order valence-corrected chi connectivity index (χ0v) is 18.1. The molecule has 1 fully saturated rings. The molecule has 158 valence electrons. The number of anilines is 3.